The molecule has 2 aromatic carbocycles. The monoisotopic (exact) mass is 274 g/mol. The van der Waals surface area contributed by atoms with Crippen molar-refractivity contribution >= 4 is 34.4 Å². The highest BCUT2D eigenvalue weighted by molar-refractivity contribution is 6.33. The van der Waals surface area contributed by atoms with Gasteiger partial charge in [0.15, 0.2) is 0 Å². The van der Waals surface area contributed by atoms with E-state index in [-0.39, 0.29) is 0 Å². The van der Waals surface area contributed by atoms with Crippen molar-refractivity contribution in [2.75, 3.05) is 11.5 Å². The minimum atomic E-state index is 0.489. The number of hydrogen-bond acceptors (Lipinski definition) is 4. The summed E-state index contributed by atoms with van der Waals surface area (Å²) in [6.45, 7) is 3.82. The molecule has 0 aromatic heterocycles. The van der Waals surface area contributed by atoms with Gasteiger partial charge in [0.2, 0.25) is 0 Å². The second kappa shape index (κ2) is 5.28. The molecule has 0 unspecified atom stereocenters. The molecule has 0 aliphatic rings. The minimum absolute atomic E-state index is 0.489. The quantitative estimate of drug-likeness (QED) is 0.623. The van der Waals surface area contributed by atoms with Crippen LogP contribution in [0.15, 0.2) is 40.6 Å². The largest absolute Gasteiger partial charge is 0.399 e. The first kappa shape index (κ1) is 13.4. The maximum Gasteiger partial charge on any atom is 0.0887 e. The molecule has 0 radical (unpaired) electrons. The van der Waals surface area contributed by atoms with E-state index in [1.807, 2.05) is 32.0 Å². The number of rotatable bonds is 2. The number of nitrogen functional groups attached to an aromatic ring is 2. The van der Waals surface area contributed by atoms with Gasteiger partial charge in [-0.25, -0.2) is 0 Å². The molecule has 5 heteroatoms. The third-order valence-corrected chi connectivity index (χ3v) is 3.13. The number of benzene rings is 2. The van der Waals surface area contributed by atoms with Crippen molar-refractivity contribution < 1.29 is 0 Å². The van der Waals surface area contributed by atoms with Gasteiger partial charge in [-0.2, -0.15) is 10.2 Å². The van der Waals surface area contributed by atoms with Crippen LogP contribution in [-0.2, 0) is 0 Å². The number of anilines is 2. The molecule has 0 amide bonds. The van der Waals surface area contributed by atoms with E-state index in [1.165, 1.54) is 0 Å². The Morgan fingerprint density at radius 1 is 0.947 bits per heavy atom. The SMILES string of the molecule is Cc1cc(N)ccc1/N=N/c1cc(C)c(N)c(Cl)c1. The maximum atomic E-state index is 6.01. The first-order chi connectivity index (χ1) is 8.97. The highest BCUT2D eigenvalue weighted by atomic mass is 35.5. The Balaban J connectivity index is 2.32. The molecule has 0 heterocycles. The van der Waals surface area contributed by atoms with Crippen molar-refractivity contribution in [1.82, 2.24) is 0 Å². The summed E-state index contributed by atoms with van der Waals surface area (Å²) < 4.78 is 0. The average Bonchev–Trinajstić information content (AvgIpc) is 2.34. The number of hydrogen-bond donors (Lipinski definition) is 2. The Hall–Kier alpha value is -2.07. The molecular weight excluding hydrogens is 260 g/mol. The van der Waals surface area contributed by atoms with E-state index in [4.69, 9.17) is 23.1 Å². The predicted octanol–water partition coefficient (Wildman–Crippen LogP) is 4.54. The van der Waals surface area contributed by atoms with Crippen molar-refractivity contribution in [2.24, 2.45) is 10.2 Å². The molecule has 0 bridgehead atoms. The smallest absolute Gasteiger partial charge is 0.0887 e. The molecule has 0 saturated carbocycles. The van der Waals surface area contributed by atoms with Gasteiger partial charge < -0.3 is 11.5 Å². The Labute approximate surface area is 117 Å². The third-order valence-electron chi connectivity index (χ3n) is 2.82. The highest BCUT2D eigenvalue weighted by Crippen LogP contribution is 2.30. The topological polar surface area (TPSA) is 76.8 Å². The van der Waals surface area contributed by atoms with Crippen LogP contribution < -0.4 is 11.5 Å². The van der Waals surface area contributed by atoms with Crippen molar-refractivity contribution in [3.05, 3.63) is 46.5 Å². The van der Waals surface area contributed by atoms with Crippen LogP contribution in [0.3, 0.4) is 0 Å². The normalized spacial score (nSPS) is 11.1. The third kappa shape index (κ3) is 3.03. The Bertz CT molecular complexity index is 627. The van der Waals surface area contributed by atoms with E-state index in [1.54, 1.807) is 12.1 Å². The standard InChI is InChI=1S/C14H15ClN4/c1-8-5-10(16)3-4-13(8)19-18-11-6-9(2)14(17)12(15)7-11/h3-7H,16-17H2,1-2H3/b19-18+. The van der Waals surface area contributed by atoms with E-state index in [9.17, 15) is 0 Å². The van der Waals surface area contributed by atoms with Crippen molar-refractivity contribution in [2.45, 2.75) is 13.8 Å². The highest BCUT2D eigenvalue weighted by Gasteiger charge is 2.03. The number of nitrogens with two attached hydrogens (primary N) is 2. The molecule has 98 valence electrons. The zero-order valence-corrected chi connectivity index (χ0v) is 11.6. The molecule has 0 fully saturated rings. The van der Waals surface area contributed by atoms with Gasteiger partial charge in [0, 0.05) is 5.69 Å². The fraction of sp³-hybridized carbons (Fsp3) is 0.143. The van der Waals surface area contributed by atoms with Crippen LogP contribution >= 0.6 is 11.6 Å². The van der Waals surface area contributed by atoms with E-state index in [0.717, 1.165) is 16.8 Å². The lowest BCUT2D eigenvalue weighted by Crippen LogP contribution is -1.89. The lowest BCUT2D eigenvalue weighted by atomic mass is 10.2. The van der Waals surface area contributed by atoms with Crippen LogP contribution in [0.1, 0.15) is 11.1 Å². The predicted molar refractivity (Wildman–Crippen MR) is 80.4 cm³/mol. The summed E-state index contributed by atoms with van der Waals surface area (Å²) in [5.41, 5.74) is 16.1. The molecule has 2 rings (SSSR count). The summed E-state index contributed by atoms with van der Waals surface area (Å²) in [7, 11) is 0. The van der Waals surface area contributed by atoms with Gasteiger partial charge in [-0.05, 0) is 55.3 Å². The van der Waals surface area contributed by atoms with Crippen LogP contribution in [0.5, 0.6) is 0 Å². The molecular formula is C14H15ClN4. The summed E-state index contributed by atoms with van der Waals surface area (Å²) in [5.74, 6) is 0. The number of aryl methyl sites for hydroxylation is 2. The number of azo groups is 1. The van der Waals surface area contributed by atoms with Gasteiger partial charge in [-0.1, -0.05) is 11.6 Å². The Kier molecular flexibility index (Phi) is 3.71. The lowest BCUT2D eigenvalue weighted by molar-refractivity contribution is 1.21. The molecule has 4 N–H and O–H groups in total. The summed E-state index contributed by atoms with van der Waals surface area (Å²) >= 11 is 6.01. The first-order valence-electron chi connectivity index (χ1n) is 5.81. The Morgan fingerprint density at radius 3 is 2.32 bits per heavy atom. The molecule has 19 heavy (non-hydrogen) atoms. The minimum Gasteiger partial charge on any atom is -0.399 e. The van der Waals surface area contributed by atoms with Crippen molar-refractivity contribution in [1.29, 1.82) is 0 Å². The van der Waals surface area contributed by atoms with Gasteiger partial charge in [0.05, 0.1) is 22.1 Å². The zero-order valence-electron chi connectivity index (χ0n) is 10.8. The van der Waals surface area contributed by atoms with Gasteiger partial charge in [0.1, 0.15) is 0 Å². The first-order valence-corrected chi connectivity index (χ1v) is 6.18. The average molecular weight is 275 g/mol. The van der Waals surface area contributed by atoms with Gasteiger partial charge >= 0.3 is 0 Å². The summed E-state index contributed by atoms with van der Waals surface area (Å²) in [6, 6.07) is 9.02. The lowest BCUT2D eigenvalue weighted by Gasteiger charge is -2.04. The molecule has 0 spiro atoms. The van der Waals surface area contributed by atoms with Gasteiger partial charge in [-0.3, -0.25) is 0 Å². The van der Waals surface area contributed by atoms with Crippen LogP contribution in [0, 0.1) is 13.8 Å². The van der Waals surface area contributed by atoms with Crippen LogP contribution in [0.2, 0.25) is 5.02 Å². The van der Waals surface area contributed by atoms with Crippen LogP contribution in [-0.4, -0.2) is 0 Å². The van der Waals surface area contributed by atoms with Crippen LogP contribution in [0.4, 0.5) is 22.7 Å². The molecule has 4 nitrogen and oxygen atoms in total. The molecule has 0 atom stereocenters. The van der Waals surface area contributed by atoms with Crippen LogP contribution in [0.25, 0.3) is 0 Å². The van der Waals surface area contributed by atoms with E-state index < -0.39 is 0 Å². The molecule has 0 aliphatic heterocycles. The summed E-state index contributed by atoms with van der Waals surface area (Å²) in [5, 5.41) is 8.86. The summed E-state index contributed by atoms with van der Waals surface area (Å²) in [4.78, 5) is 0. The van der Waals surface area contributed by atoms with Crippen molar-refractivity contribution in [3.63, 3.8) is 0 Å². The zero-order chi connectivity index (χ0) is 14.0. The molecule has 2 aromatic rings. The van der Waals surface area contributed by atoms with Gasteiger partial charge in [0.25, 0.3) is 0 Å². The van der Waals surface area contributed by atoms with Crippen molar-refractivity contribution in [3.8, 4) is 0 Å². The van der Waals surface area contributed by atoms with Gasteiger partial charge in [-0.15, -0.1) is 0 Å². The van der Waals surface area contributed by atoms with E-state index >= 15 is 0 Å². The number of halogens is 1. The van der Waals surface area contributed by atoms with E-state index in [2.05, 4.69) is 10.2 Å². The van der Waals surface area contributed by atoms with E-state index in [0.29, 0.717) is 22.1 Å². The fourth-order valence-corrected chi connectivity index (χ4v) is 1.96. The Morgan fingerprint density at radius 2 is 1.68 bits per heavy atom. The summed E-state index contributed by atoms with van der Waals surface area (Å²) in [6.07, 6.45) is 0. The molecule has 0 saturated heterocycles. The fourth-order valence-electron chi connectivity index (χ4n) is 1.70. The second-order valence-corrected chi connectivity index (χ2v) is 4.81. The maximum absolute atomic E-state index is 6.01. The molecule has 0 aliphatic carbocycles. The second-order valence-electron chi connectivity index (χ2n) is 4.40. The number of nitrogens with zero attached hydrogens (tertiary/aromatic N) is 2.